The number of nitrogens with one attached hydrogen (secondary N) is 1. The summed E-state index contributed by atoms with van der Waals surface area (Å²) in [6.45, 7) is 2.15. The van der Waals surface area contributed by atoms with Crippen molar-refractivity contribution in [1.82, 2.24) is 10.3 Å². The zero-order valence-electron chi connectivity index (χ0n) is 20.1. The summed E-state index contributed by atoms with van der Waals surface area (Å²) in [6, 6.07) is 25.1. The summed E-state index contributed by atoms with van der Waals surface area (Å²) < 4.78 is 13.9. The van der Waals surface area contributed by atoms with Crippen molar-refractivity contribution in [3.05, 3.63) is 102 Å². The maximum absolute atomic E-state index is 13.9. The number of nitrogens with zero attached hydrogens (tertiary/aromatic N) is 1. The van der Waals surface area contributed by atoms with Gasteiger partial charge in [0.15, 0.2) is 0 Å². The zero-order valence-corrected chi connectivity index (χ0v) is 20.1. The third kappa shape index (κ3) is 5.12. The first-order valence-corrected chi connectivity index (χ1v) is 12.6. The Hall–Kier alpha value is -3.53. The molecule has 0 bridgehead atoms. The van der Waals surface area contributed by atoms with Crippen molar-refractivity contribution in [3.8, 4) is 11.1 Å². The third-order valence-electron chi connectivity index (χ3n) is 7.53. The average Bonchev–Trinajstić information content (AvgIpc) is 2.92. The number of pyridine rings is 1. The van der Waals surface area contributed by atoms with Crippen LogP contribution < -0.4 is 5.32 Å². The standard InChI is InChI=1S/C31H31FN2O/c1-2-29(34-31(35)25-14-8-22(9-15-25)21-6-4-3-5-7-21)24-12-10-23(11-13-24)27-18-19-33-30-17-16-26(32)20-28(27)30/h3-9,14-20,23-24,29H,2,10-13H2,1H3,(H,34,35)/t23-,24+,29-/m1/s1. The van der Waals surface area contributed by atoms with Gasteiger partial charge in [-0.1, -0.05) is 49.4 Å². The third-order valence-corrected chi connectivity index (χ3v) is 7.53. The molecule has 3 nitrogen and oxygen atoms in total. The number of halogens is 1. The van der Waals surface area contributed by atoms with Crippen molar-refractivity contribution in [2.24, 2.45) is 5.92 Å². The number of aromatic nitrogens is 1. The number of carbonyl (C=O) groups excluding carboxylic acids is 1. The van der Waals surface area contributed by atoms with Crippen molar-refractivity contribution in [1.29, 1.82) is 0 Å². The van der Waals surface area contributed by atoms with E-state index in [1.165, 1.54) is 11.6 Å². The van der Waals surface area contributed by atoms with Gasteiger partial charge in [0, 0.05) is 23.2 Å². The van der Waals surface area contributed by atoms with Crippen LogP contribution in [0.2, 0.25) is 0 Å². The van der Waals surface area contributed by atoms with E-state index in [2.05, 4.69) is 29.4 Å². The summed E-state index contributed by atoms with van der Waals surface area (Å²) in [6.07, 6.45) is 6.92. The first-order valence-electron chi connectivity index (χ1n) is 12.6. The van der Waals surface area contributed by atoms with Gasteiger partial charge in [0.2, 0.25) is 0 Å². The first-order chi connectivity index (χ1) is 17.1. The molecular weight excluding hydrogens is 435 g/mol. The zero-order chi connectivity index (χ0) is 24.2. The molecule has 1 fully saturated rings. The van der Waals surface area contributed by atoms with Crippen molar-refractivity contribution in [2.45, 2.75) is 51.0 Å². The molecule has 5 rings (SSSR count). The number of amides is 1. The van der Waals surface area contributed by atoms with Crippen LogP contribution in [0.4, 0.5) is 4.39 Å². The molecule has 1 N–H and O–H groups in total. The fraction of sp³-hybridized carbons (Fsp3) is 0.290. The highest BCUT2D eigenvalue weighted by molar-refractivity contribution is 5.95. The molecule has 35 heavy (non-hydrogen) atoms. The summed E-state index contributed by atoms with van der Waals surface area (Å²) in [5, 5.41) is 4.23. The lowest BCUT2D eigenvalue weighted by atomic mass is 9.75. The summed E-state index contributed by atoms with van der Waals surface area (Å²) in [5.74, 6) is 0.631. The van der Waals surface area contributed by atoms with E-state index < -0.39 is 0 Å². The van der Waals surface area contributed by atoms with Gasteiger partial charge in [-0.05, 0) is 97.0 Å². The number of hydrogen-bond acceptors (Lipinski definition) is 2. The normalized spacial score (nSPS) is 18.8. The Balaban J connectivity index is 1.22. The minimum absolute atomic E-state index is 0.00538. The van der Waals surface area contributed by atoms with Crippen molar-refractivity contribution < 1.29 is 9.18 Å². The predicted molar refractivity (Wildman–Crippen MR) is 140 cm³/mol. The maximum Gasteiger partial charge on any atom is 0.251 e. The van der Waals surface area contributed by atoms with Gasteiger partial charge in [0.05, 0.1) is 5.52 Å². The lowest BCUT2D eigenvalue weighted by Gasteiger charge is -2.34. The van der Waals surface area contributed by atoms with E-state index in [1.807, 2.05) is 54.7 Å². The Morgan fingerprint density at radius 3 is 2.37 bits per heavy atom. The van der Waals surface area contributed by atoms with Crippen LogP contribution in [0, 0.1) is 11.7 Å². The van der Waals surface area contributed by atoms with Gasteiger partial charge >= 0.3 is 0 Å². The molecule has 0 spiro atoms. The highest BCUT2D eigenvalue weighted by atomic mass is 19.1. The Morgan fingerprint density at radius 1 is 0.943 bits per heavy atom. The molecule has 1 aliphatic carbocycles. The minimum atomic E-state index is -0.217. The van der Waals surface area contributed by atoms with Gasteiger partial charge in [-0.2, -0.15) is 0 Å². The molecular formula is C31H31FN2O. The highest BCUT2D eigenvalue weighted by Gasteiger charge is 2.29. The van der Waals surface area contributed by atoms with Crippen molar-refractivity contribution >= 4 is 16.8 Å². The fourth-order valence-electron chi connectivity index (χ4n) is 5.58. The van der Waals surface area contributed by atoms with Crippen LogP contribution in [0.25, 0.3) is 22.0 Å². The maximum atomic E-state index is 13.9. The largest absolute Gasteiger partial charge is 0.349 e. The van der Waals surface area contributed by atoms with Crippen LogP contribution in [-0.4, -0.2) is 16.9 Å². The monoisotopic (exact) mass is 466 g/mol. The minimum Gasteiger partial charge on any atom is -0.349 e. The van der Waals surface area contributed by atoms with E-state index >= 15 is 0 Å². The van der Waals surface area contributed by atoms with Crippen LogP contribution in [-0.2, 0) is 0 Å². The summed E-state index contributed by atoms with van der Waals surface area (Å²) in [5.41, 5.74) is 5.00. The number of rotatable bonds is 6. The lowest BCUT2D eigenvalue weighted by Crippen LogP contribution is -2.41. The van der Waals surface area contributed by atoms with Crippen LogP contribution in [0.1, 0.15) is 60.9 Å². The molecule has 0 unspecified atom stereocenters. The van der Waals surface area contributed by atoms with Crippen LogP contribution in [0.3, 0.4) is 0 Å². The Bertz CT molecular complexity index is 1290. The summed E-state index contributed by atoms with van der Waals surface area (Å²) >= 11 is 0. The number of fused-ring (bicyclic) bond motifs is 1. The molecule has 1 aliphatic rings. The van der Waals surface area contributed by atoms with E-state index in [4.69, 9.17) is 0 Å². The fourth-order valence-corrected chi connectivity index (χ4v) is 5.58. The number of hydrogen-bond donors (Lipinski definition) is 1. The SMILES string of the molecule is CC[C@@H](NC(=O)c1ccc(-c2ccccc2)cc1)[C@H]1CC[C@@H](c2ccnc3ccc(F)cc32)CC1. The second-order valence-corrected chi connectivity index (χ2v) is 9.60. The van der Waals surface area contributed by atoms with Crippen molar-refractivity contribution in [2.75, 3.05) is 0 Å². The molecule has 1 saturated carbocycles. The quantitative estimate of drug-likeness (QED) is 0.319. The van der Waals surface area contributed by atoms with Crippen molar-refractivity contribution in [3.63, 3.8) is 0 Å². The molecule has 3 aromatic carbocycles. The second kappa shape index (κ2) is 10.4. The molecule has 4 heteroatoms. The predicted octanol–water partition coefficient (Wildman–Crippen LogP) is 7.52. The van der Waals surface area contributed by atoms with E-state index in [0.717, 1.165) is 54.1 Å². The molecule has 0 saturated heterocycles. The van der Waals surface area contributed by atoms with Crippen LogP contribution >= 0.6 is 0 Å². The summed E-state index contributed by atoms with van der Waals surface area (Å²) in [4.78, 5) is 17.4. The van der Waals surface area contributed by atoms with E-state index in [9.17, 15) is 9.18 Å². The highest BCUT2D eigenvalue weighted by Crippen LogP contribution is 2.40. The second-order valence-electron chi connectivity index (χ2n) is 9.60. The molecule has 1 aromatic heterocycles. The molecule has 0 aliphatic heterocycles. The van der Waals surface area contributed by atoms with E-state index in [1.54, 1.807) is 12.1 Å². The van der Waals surface area contributed by atoms with Crippen LogP contribution in [0.5, 0.6) is 0 Å². The Kier molecular flexibility index (Phi) is 6.89. The topological polar surface area (TPSA) is 42.0 Å². The molecule has 4 aromatic rings. The summed E-state index contributed by atoms with van der Waals surface area (Å²) in [7, 11) is 0. The molecule has 1 atom stereocenters. The van der Waals surface area contributed by atoms with Gasteiger partial charge in [0.25, 0.3) is 5.91 Å². The van der Waals surface area contributed by atoms with Gasteiger partial charge in [0.1, 0.15) is 5.82 Å². The molecule has 1 amide bonds. The lowest BCUT2D eigenvalue weighted by molar-refractivity contribution is 0.0909. The molecule has 1 heterocycles. The van der Waals surface area contributed by atoms with E-state index in [0.29, 0.717) is 17.4 Å². The van der Waals surface area contributed by atoms with Gasteiger partial charge in [-0.15, -0.1) is 0 Å². The van der Waals surface area contributed by atoms with Gasteiger partial charge < -0.3 is 5.32 Å². The van der Waals surface area contributed by atoms with Gasteiger partial charge in [-0.25, -0.2) is 4.39 Å². The first kappa shape index (κ1) is 23.2. The number of carbonyl (C=O) groups is 1. The Morgan fingerprint density at radius 2 is 1.66 bits per heavy atom. The average molecular weight is 467 g/mol. The molecule has 178 valence electrons. The van der Waals surface area contributed by atoms with Gasteiger partial charge in [-0.3, -0.25) is 9.78 Å². The smallest absolute Gasteiger partial charge is 0.251 e. The molecule has 0 radical (unpaired) electrons. The van der Waals surface area contributed by atoms with E-state index in [-0.39, 0.29) is 17.8 Å². The number of benzene rings is 3. The Labute approximate surface area is 206 Å². The van der Waals surface area contributed by atoms with Crippen LogP contribution in [0.15, 0.2) is 85.1 Å².